The fourth-order valence-electron chi connectivity index (χ4n) is 12.3. The maximum absolute atomic E-state index is 16.3. The van der Waals surface area contributed by atoms with Crippen LogP contribution in [0.3, 0.4) is 0 Å². The average Bonchev–Trinajstić information content (AvgIpc) is 1.57. The van der Waals surface area contributed by atoms with Crippen LogP contribution in [0.2, 0.25) is 0 Å². The molecule has 0 saturated carbocycles. The highest BCUT2D eigenvalue weighted by molar-refractivity contribution is 7.54. The molecule has 5 N–H and O–H groups in total. The maximum Gasteiger partial charge on any atom is 0.410 e. The zero-order valence-corrected chi connectivity index (χ0v) is 60.8. The molecule has 0 radical (unpaired) electrons. The number of imidazole rings is 1. The Kier molecular flexibility index (Phi) is 27.9. The van der Waals surface area contributed by atoms with Crippen LogP contribution in [-0.4, -0.2) is 121 Å². The number of nitrogens with one attached hydrogen (secondary N) is 3. The molecule has 0 bridgehead atoms. The molecule has 3 aliphatic rings. The summed E-state index contributed by atoms with van der Waals surface area (Å²) in [5, 5.41) is 8.21. The third-order valence-electron chi connectivity index (χ3n) is 18.3. The number of fused-ring (bicyclic) bond motifs is 1. The number of carbonyl (C=O) groups is 8. The van der Waals surface area contributed by atoms with Gasteiger partial charge in [0.25, 0.3) is 0 Å². The number of halogens is 2. The maximum atomic E-state index is 16.3. The van der Waals surface area contributed by atoms with Crippen molar-refractivity contribution in [3.63, 3.8) is 0 Å². The minimum absolute atomic E-state index is 0.0446. The van der Waals surface area contributed by atoms with E-state index in [1.54, 1.807) is 25.5 Å². The Balaban J connectivity index is 0.748. The van der Waals surface area contributed by atoms with Crippen LogP contribution in [0.15, 0.2) is 95.8 Å². The number of carbonyl (C=O) groups excluding carboxylic acids is 8. The quantitative estimate of drug-likeness (QED) is 0.00717. The van der Waals surface area contributed by atoms with Crippen LogP contribution in [0.5, 0.6) is 0 Å². The van der Waals surface area contributed by atoms with Gasteiger partial charge in [0, 0.05) is 64.4 Å². The number of amides is 6. The molecule has 102 heavy (non-hydrogen) atoms. The lowest BCUT2D eigenvalue weighted by Crippen LogP contribution is -2.56. The normalized spacial score (nSPS) is 17.2. The van der Waals surface area contributed by atoms with E-state index in [9.17, 15) is 47.7 Å². The second kappa shape index (κ2) is 35.8. The molecule has 0 spiro atoms. The average molecular weight is 1440 g/mol. The van der Waals surface area contributed by atoms with Crippen molar-refractivity contribution < 1.29 is 84.4 Å². The first kappa shape index (κ1) is 79.4. The van der Waals surface area contributed by atoms with Crippen molar-refractivity contribution in [2.45, 2.75) is 201 Å². The monoisotopic (exact) mass is 1440 g/mol. The van der Waals surface area contributed by atoms with Gasteiger partial charge in [0.2, 0.25) is 49.0 Å². The highest BCUT2D eigenvalue weighted by Gasteiger charge is 2.56. The summed E-state index contributed by atoms with van der Waals surface area (Å²) < 4.78 is 87.5. The fourth-order valence-corrected chi connectivity index (χ4v) is 13.6. The summed E-state index contributed by atoms with van der Waals surface area (Å²) >= 11 is 0. The van der Waals surface area contributed by atoms with Gasteiger partial charge in [-0.25, -0.2) is 4.79 Å². The number of para-hydroxylation sites is 1. The van der Waals surface area contributed by atoms with Gasteiger partial charge < -0.3 is 40.1 Å². The summed E-state index contributed by atoms with van der Waals surface area (Å²) in [6, 6.07) is 20.4. The second-order valence-electron chi connectivity index (χ2n) is 28.4. The molecule has 1 fully saturated rings. The number of esters is 2. The minimum Gasteiger partial charge on any atom is -0.438 e. The molecule has 5 aromatic rings. The van der Waals surface area contributed by atoms with Gasteiger partial charge in [-0.3, -0.25) is 71.3 Å². The number of hydrogen-bond donors (Lipinski definition) is 4. The lowest BCUT2D eigenvalue weighted by molar-refractivity contribution is -0.163. The number of rotatable bonds is 37. The summed E-state index contributed by atoms with van der Waals surface area (Å²) in [6.45, 7) is 13.0. The molecule has 0 aliphatic carbocycles. The number of allylic oxidation sites excluding steroid dienone is 1. The Morgan fingerprint density at radius 2 is 1.30 bits per heavy atom. The number of nitrogens with two attached hydrogens (primary N) is 1. The minimum atomic E-state index is -5.60. The Hall–Kier alpha value is -8.26. The van der Waals surface area contributed by atoms with E-state index in [-0.39, 0.29) is 50.3 Å². The third kappa shape index (κ3) is 21.0. The number of unbranched alkanes of at least 4 members (excludes halogenated alkanes) is 4. The van der Waals surface area contributed by atoms with E-state index in [1.165, 1.54) is 69.2 Å². The number of aromatic nitrogens is 2. The molecule has 4 heterocycles. The zero-order valence-electron chi connectivity index (χ0n) is 59.9. The predicted molar refractivity (Wildman–Crippen MR) is 377 cm³/mol. The number of hydrogen-bond acceptors (Lipinski definition) is 17. The SMILES string of the molecule is C/C(=C\C(=O)N[C@H]1CCc2cccc3c2N(C1=O)[C@H](C(=O)NC(CCC(N)=O)[C@@H](C)OCc1ccc(CCCOCCCCCCCOCCCc2ccc4c(c2)n(C)c(=O)n4C2CCC(=O)NC2=O)cc1)C3)c1ccc(C(F)(F)P(=O)(OCOC(=O)C(C)(C)C)OCOC(=O)C(C)(C)C)cc1. The second-order valence-corrected chi connectivity index (χ2v) is 30.5. The molecule has 1 saturated heterocycles. The summed E-state index contributed by atoms with van der Waals surface area (Å²) in [5.41, 5.74) is 5.34. The topological polar surface area (TPSA) is 311 Å². The van der Waals surface area contributed by atoms with Crippen molar-refractivity contribution in [1.82, 2.24) is 25.1 Å². The number of alkyl halides is 2. The molecule has 4 aromatic carbocycles. The van der Waals surface area contributed by atoms with Crippen LogP contribution in [-0.2, 0) is 121 Å². The first-order chi connectivity index (χ1) is 48.4. The van der Waals surface area contributed by atoms with Gasteiger partial charge in [-0.15, -0.1) is 0 Å². The van der Waals surface area contributed by atoms with Crippen LogP contribution in [0.1, 0.15) is 177 Å². The summed E-state index contributed by atoms with van der Waals surface area (Å²) in [4.78, 5) is 119. The van der Waals surface area contributed by atoms with Crippen molar-refractivity contribution in [3.8, 4) is 0 Å². The van der Waals surface area contributed by atoms with Gasteiger partial charge in [0.1, 0.15) is 18.1 Å². The van der Waals surface area contributed by atoms with Gasteiger partial charge in [-0.1, -0.05) is 92.1 Å². The van der Waals surface area contributed by atoms with Crippen molar-refractivity contribution in [3.05, 3.63) is 140 Å². The van der Waals surface area contributed by atoms with Crippen molar-refractivity contribution in [1.29, 1.82) is 0 Å². The fraction of sp³-hybridized carbons (Fsp3) is 0.533. The van der Waals surface area contributed by atoms with Gasteiger partial charge in [-0.05, 0) is 171 Å². The van der Waals surface area contributed by atoms with E-state index in [0.29, 0.717) is 61.6 Å². The molecule has 8 rings (SSSR count). The van der Waals surface area contributed by atoms with E-state index in [1.807, 2.05) is 48.5 Å². The van der Waals surface area contributed by atoms with Crippen molar-refractivity contribution >= 4 is 77.3 Å². The number of anilines is 1. The van der Waals surface area contributed by atoms with Crippen molar-refractivity contribution in [2.24, 2.45) is 23.6 Å². The van der Waals surface area contributed by atoms with E-state index in [2.05, 4.69) is 28.1 Å². The smallest absolute Gasteiger partial charge is 0.410 e. The van der Waals surface area contributed by atoms with Gasteiger partial charge in [-0.2, -0.15) is 8.78 Å². The molecular formula is C75H98F2N7O17P. The lowest BCUT2D eigenvalue weighted by Gasteiger charge is -2.31. The van der Waals surface area contributed by atoms with Gasteiger partial charge in [0.15, 0.2) is 0 Å². The Morgan fingerprint density at radius 1 is 0.725 bits per heavy atom. The highest BCUT2D eigenvalue weighted by Crippen LogP contribution is 2.67. The molecule has 3 aliphatic heterocycles. The Morgan fingerprint density at radius 3 is 1.91 bits per heavy atom. The summed E-state index contributed by atoms with van der Waals surface area (Å²) in [7, 11) is -3.91. The van der Waals surface area contributed by atoms with Gasteiger partial charge in [0.05, 0.1) is 46.3 Å². The predicted octanol–water partition coefficient (Wildman–Crippen LogP) is 10.4. The van der Waals surface area contributed by atoms with E-state index in [4.69, 9.17) is 38.5 Å². The Bertz CT molecular complexity index is 3920. The highest BCUT2D eigenvalue weighted by atomic mass is 31.2. The Labute approximate surface area is 593 Å². The molecule has 6 amide bonds. The number of aryl methyl sites for hydroxylation is 4. The van der Waals surface area contributed by atoms with Gasteiger partial charge >= 0.3 is 30.9 Å². The van der Waals surface area contributed by atoms with Crippen LogP contribution >= 0.6 is 7.60 Å². The first-order valence-electron chi connectivity index (χ1n) is 35.0. The summed E-state index contributed by atoms with van der Waals surface area (Å²) in [6.07, 6.45) is 10.5. The van der Waals surface area contributed by atoms with E-state index in [0.717, 1.165) is 103 Å². The van der Waals surface area contributed by atoms with Crippen LogP contribution in [0.4, 0.5) is 14.5 Å². The molecule has 27 heteroatoms. The summed E-state index contributed by atoms with van der Waals surface area (Å²) in [5.74, 6) is -4.69. The molecule has 2 unspecified atom stereocenters. The van der Waals surface area contributed by atoms with Crippen LogP contribution < -0.4 is 32.3 Å². The standard InChI is InChI=1S/C75H98F2N7O17P/c1-48(53-27-30-56(31-28-53)75(76,77)102(94,100-46-98-70(91)73(3,4)5)101-47-99-71(92)74(6,7)8)42-65(87)79-58-32-29-54-20-15-21-55-44-62(84(66(54)55)69(58)90)68(89)80-57(33-36-63(78)85)49(2)97-45-52-24-22-50(23-25-52)18-16-40-95-38-13-11-10-12-14-39-96-41-17-19-51-26-34-59-61(43-51)82(9)72(93)83(59)60-35-37-64(86)81-67(60)88/h15,20-28,30-31,34,42-43,49,57-58,60,62H,10-14,16-19,29,32-33,35-41,44-47H2,1-9H3,(H2,78,85)(H,79,87)(H,80,89)(H,81,86,88)/b48-42+/t49-,57?,58+,60?,62+/m1/s1. The number of imide groups is 1. The number of primary amides is 1. The number of benzene rings is 4. The molecule has 24 nitrogen and oxygen atoms in total. The third-order valence-corrected chi connectivity index (χ3v) is 20.2. The van der Waals surface area contributed by atoms with Crippen molar-refractivity contribution in [2.75, 3.05) is 44.9 Å². The lowest BCUT2D eigenvalue weighted by atomic mass is 9.98. The molecular weight excluding hydrogens is 1340 g/mol. The molecule has 554 valence electrons. The molecule has 5 atom stereocenters. The number of piperidine rings is 1. The van der Waals surface area contributed by atoms with Crippen LogP contribution in [0.25, 0.3) is 16.6 Å². The first-order valence-corrected chi connectivity index (χ1v) is 36.5. The van der Waals surface area contributed by atoms with Crippen LogP contribution in [0, 0.1) is 10.8 Å². The largest absolute Gasteiger partial charge is 0.438 e. The zero-order chi connectivity index (χ0) is 74.1. The van der Waals surface area contributed by atoms with E-state index < -0.39 is 115 Å². The number of ether oxygens (including phenoxy) is 5. The number of nitrogens with zero attached hydrogens (tertiary/aromatic N) is 3. The van der Waals surface area contributed by atoms with E-state index >= 15 is 8.78 Å². The molecule has 1 aromatic heterocycles.